The van der Waals surface area contributed by atoms with E-state index in [1.165, 1.54) is 4.90 Å². The molecule has 0 radical (unpaired) electrons. The number of carboxylic acids is 1. The van der Waals surface area contributed by atoms with Gasteiger partial charge in [-0.15, -0.1) is 0 Å². The van der Waals surface area contributed by atoms with Crippen LogP contribution in [0.15, 0.2) is 0 Å². The monoisotopic (exact) mass is 460 g/mol. The predicted octanol–water partition coefficient (Wildman–Crippen LogP) is -0.885. The van der Waals surface area contributed by atoms with Crippen LogP contribution in [0.5, 0.6) is 0 Å². The van der Waals surface area contributed by atoms with Crippen LogP contribution in [0.1, 0.15) is 32.1 Å². The number of amides is 4. The smallest absolute Gasteiger partial charge is 0.413 e. The first-order valence-electron chi connectivity index (χ1n) is 9.72. The number of ketones is 1. The van der Waals surface area contributed by atoms with Crippen LogP contribution in [0, 0.1) is 0 Å². The van der Waals surface area contributed by atoms with E-state index in [2.05, 4.69) is 5.32 Å². The molecular weight excluding hydrogens is 432 g/mol. The lowest BCUT2D eigenvalue weighted by Crippen LogP contribution is -2.50. The third-order valence-electron chi connectivity index (χ3n) is 4.65. The van der Waals surface area contributed by atoms with E-state index in [0.717, 1.165) is 38.1 Å². The lowest BCUT2D eigenvalue weighted by Gasteiger charge is -2.26. The van der Waals surface area contributed by atoms with Gasteiger partial charge in [-0.2, -0.15) is 11.8 Å². The number of piperidine rings is 1. The zero-order chi connectivity index (χ0) is 23.6. The van der Waals surface area contributed by atoms with E-state index in [4.69, 9.17) is 15.9 Å². The normalized spacial score (nSPS) is 15.5. The van der Waals surface area contributed by atoms with Crippen LogP contribution in [-0.2, 0) is 24.0 Å². The average molecular weight is 461 g/mol. The predicted molar refractivity (Wildman–Crippen MR) is 110 cm³/mol. The third-order valence-corrected chi connectivity index (χ3v) is 5.69. The highest BCUT2D eigenvalue weighted by Gasteiger charge is 2.29. The van der Waals surface area contributed by atoms with Crippen molar-refractivity contribution in [3.8, 4) is 0 Å². The topological polar surface area (TPSA) is 187 Å². The molecule has 1 fully saturated rings. The molecule has 1 aliphatic rings. The van der Waals surface area contributed by atoms with Gasteiger partial charge in [0, 0.05) is 32.3 Å². The Balaban J connectivity index is 2.65. The second-order valence-electron chi connectivity index (χ2n) is 7.07. The van der Waals surface area contributed by atoms with Crippen molar-refractivity contribution in [2.24, 2.45) is 5.73 Å². The summed E-state index contributed by atoms with van der Waals surface area (Å²) in [6.07, 6.45) is 0.685. The standard InChI is InChI=1S/C18H28N4O8S/c1-21(18(29)30)15(25)12(20-14(24)6-5-11(19)17(27)28)9-31-10-13(23)16(26)22-7-3-2-4-8-22/h11-12H,2-10,19H2,1H3,(H,20,24)(H,27,28)(H,29,30). The number of likely N-dealkylation sites (tertiary alicyclic amines) is 1. The van der Waals surface area contributed by atoms with E-state index in [1.54, 1.807) is 0 Å². The van der Waals surface area contributed by atoms with E-state index in [0.29, 0.717) is 18.0 Å². The molecule has 0 aromatic heterocycles. The summed E-state index contributed by atoms with van der Waals surface area (Å²) in [5.41, 5.74) is 5.34. The van der Waals surface area contributed by atoms with Crippen LogP contribution in [0.2, 0.25) is 0 Å². The summed E-state index contributed by atoms with van der Waals surface area (Å²) in [7, 11) is 1.01. The van der Waals surface area contributed by atoms with Crippen molar-refractivity contribution in [1.29, 1.82) is 0 Å². The maximum Gasteiger partial charge on any atom is 0.413 e. The molecule has 174 valence electrons. The Bertz CT molecular complexity index is 711. The number of aliphatic carboxylic acids is 1. The molecule has 1 aliphatic heterocycles. The van der Waals surface area contributed by atoms with E-state index in [9.17, 15) is 28.8 Å². The minimum Gasteiger partial charge on any atom is -0.480 e. The number of rotatable bonds is 11. The van der Waals surface area contributed by atoms with Crippen LogP contribution in [-0.4, -0.2) is 99.3 Å². The summed E-state index contributed by atoms with van der Waals surface area (Å²) in [4.78, 5) is 72.4. The first kappa shape index (κ1) is 26.4. The number of carbonyl (C=O) groups excluding carboxylic acids is 4. The molecule has 0 saturated carbocycles. The minimum atomic E-state index is -1.53. The molecule has 5 N–H and O–H groups in total. The van der Waals surface area contributed by atoms with Crippen LogP contribution in [0.3, 0.4) is 0 Å². The van der Waals surface area contributed by atoms with Gasteiger partial charge in [-0.25, -0.2) is 9.69 Å². The maximum absolute atomic E-state index is 12.4. The fraction of sp³-hybridized carbons (Fsp3) is 0.667. The van der Waals surface area contributed by atoms with Gasteiger partial charge in [-0.3, -0.25) is 24.0 Å². The first-order chi connectivity index (χ1) is 14.5. The molecule has 12 nitrogen and oxygen atoms in total. The van der Waals surface area contributed by atoms with E-state index < -0.39 is 47.7 Å². The minimum absolute atomic E-state index is 0.147. The van der Waals surface area contributed by atoms with Crippen molar-refractivity contribution >= 4 is 47.3 Å². The second kappa shape index (κ2) is 12.9. The van der Waals surface area contributed by atoms with Gasteiger partial charge in [0.05, 0.1) is 5.75 Å². The number of hydrogen-bond acceptors (Lipinski definition) is 8. The number of imide groups is 1. The summed E-state index contributed by atoms with van der Waals surface area (Å²) in [5.74, 6) is -4.50. The van der Waals surface area contributed by atoms with Crippen molar-refractivity contribution in [2.75, 3.05) is 31.6 Å². The first-order valence-corrected chi connectivity index (χ1v) is 10.9. The molecular formula is C18H28N4O8S. The summed E-state index contributed by atoms with van der Waals surface area (Å²) in [5, 5.41) is 20.1. The zero-order valence-electron chi connectivity index (χ0n) is 17.2. The van der Waals surface area contributed by atoms with E-state index >= 15 is 0 Å². The fourth-order valence-electron chi connectivity index (χ4n) is 2.78. The average Bonchev–Trinajstić information content (AvgIpc) is 2.75. The number of hydrogen-bond donors (Lipinski definition) is 4. The summed E-state index contributed by atoms with van der Waals surface area (Å²) in [6, 6.07) is -2.54. The van der Waals surface area contributed by atoms with Crippen LogP contribution < -0.4 is 11.1 Å². The molecule has 4 amide bonds. The molecule has 0 aromatic carbocycles. The number of likely N-dealkylation sites (N-methyl/N-ethyl adjacent to an activating group) is 1. The lowest BCUT2D eigenvalue weighted by molar-refractivity contribution is -0.143. The number of carboxylic acid groups (broad SMARTS) is 2. The third kappa shape index (κ3) is 8.92. The number of nitrogens with two attached hydrogens (primary N) is 1. The van der Waals surface area contributed by atoms with Crippen molar-refractivity contribution in [2.45, 2.75) is 44.2 Å². The van der Waals surface area contributed by atoms with Gasteiger partial charge in [0.25, 0.3) is 11.8 Å². The Kier molecular flexibility index (Phi) is 11.0. The zero-order valence-corrected chi connectivity index (χ0v) is 18.1. The number of nitrogens with zero attached hydrogens (tertiary/aromatic N) is 2. The SMILES string of the molecule is CN(C(=O)O)C(=O)C(CSCC(=O)C(=O)N1CCCCC1)NC(=O)CCC(N)C(=O)O. The Hall–Kier alpha value is -2.67. The lowest BCUT2D eigenvalue weighted by atomic mass is 10.1. The van der Waals surface area contributed by atoms with Crippen molar-refractivity contribution in [1.82, 2.24) is 15.1 Å². The van der Waals surface area contributed by atoms with Crippen LogP contribution >= 0.6 is 11.8 Å². The summed E-state index contributed by atoms with van der Waals surface area (Å²) >= 11 is 0.920. The molecule has 0 spiro atoms. The van der Waals surface area contributed by atoms with Crippen LogP contribution in [0.25, 0.3) is 0 Å². The molecule has 2 atom stereocenters. The van der Waals surface area contributed by atoms with Gasteiger partial charge in [0.15, 0.2) is 0 Å². The molecule has 1 rings (SSSR count). The molecule has 2 unspecified atom stereocenters. The Morgan fingerprint density at radius 2 is 1.71 bits per heavy atom. The largest absolute Gasteiger partial charge is 0.480 e. The number of Topliss-reactive ketones (excluding diaryl/α,β-unsaturated/α-hetero) is 1. The molecule has 1 heterocycles. The molecule has 1 saturated heterocycles. The Labute approximate surface area is 183 Å². The fourth-order valence-corrected chi connectivity index (χ4v) is 3.67. The van der Waals surface area contributed by atoms with Crippen molar-refractivity contribution < 1.29 is 39.0 Å². The van der Waals surface area contributed by atoms with Gasteiger partial charge >= 0.3 is 12.1 Å². The number of thioether (sulfide) groups is 1. The van der Waals surface area contributed by atoms with E-state index in [-0.39, 0.29) is 24.3 Å². The van der Waals surface area contributed by atoms with Crippen LogP contribution in [0.4, 0.5) is 4.79 Å². The van der Waals surface area contributed by atoms with Gasteiger partial charge in [-0.1, -0.05) is 0 Å². The second-order valence-corrected chi connectivity index (χ2v) is 8.10. The van der Waals surface area contributed by atoms with Gasteiger partial charge in [0.2, 0.25) is 11.7 Å². The van der Waals surface area contributed by atoms with E-state index in [1.807, 2.05) is 0 Å². The van der Waals surface area contributed by atoms with Gasteiger partial charge in [0.1, 0.15) is 12.1 Å². The van der Waals surface area contributed by atoms with Gasteiger partial charge in [-0.05, 0) is 25.7 Å². The molecule has 0 aromatic rings. The van der Waals surface area contributed by atoms with Crippen molar-refractivity contribution in [3.05, 3.63) is 0 Å². The Morgan fingerprint density at radius 1 is 1.10 bits per heavy atom. The molecule has 0 aliphatic carbocycles. The highest BCUT2D eigenvalue weighted by Crippen LogP contribution is 2.12. The summed E-state index contributed by atoms with van der Waals surface area (Å²) in [6.45, 7) is 1.04. The molecule has 31 heavy (non-hydrogen) atoms. The number of carbonyl (C=O) groups is 6. The summed E-state index contributed by atoms with van der Waals surface area (Å²) < 4.78 is 0. The maximum atomic E-state index is 12.4. The number of nitrogens with one attached hydrogen (secondary N) is 1. The quantitative estimate of drug-likeness (QED) is 0.282. The van der Waals surface area contributed by atoms with Gasteiger partial charge < -0.3 is 26.2 Å². The molecule has 0 bridgehead atoms. The molecule has 13 heteroatoms. The highest BCUT2D eigenvalue weighted by molar-refractivity contribution is 8.00. The highest BCUT2D eigenvalue weighted by atomic mass is 32.2. The Morgan fingerprint density at radius 3 is 2.26 bits per heavy atom. The van der Waals surface area contributed by atoms with Crippen molar-refractivity contribution in [3.63, 3.8) is 0 Å².